The fraction of sp³-hybridized carbons (Fsp3) is 0.462. The van der Waals surface area contributed by atoms with Crippen molar-refractivity contribution in [3.05, 3.63) is 35.9 Å². The van der Waals surface area contributed by atoms with E-state index < -0.39 is 17.6 Å². The van der Waals surface area contributed by atoms with Gasteiger partial charge in [0.1, 0.15) is 5.67 Å². The second-order valence-electron chi connectivity index (χ2n) is 3.74. The highest BCUT2D eigenvalue weighted by molar-refractivity contribution is 5.78. The number of esters is 1. The second-order valence-corrected chi connectivity index (χ2v) is 3.74. The second kappa shape index (κ2) is 4.64. The lowest BCUT2D eigenvalue weighted by molar-refractivity contribution is -0.145. The van der Waals surface area contributed by atoms with E-state index in [0.717, 1.165) is 0 Å². The molecule has 16 heavy (non-hydrogen) atoms. The number of carbonyl (C=O) groups excluding carboxylic acids is 1. The summed E-state index contributed by atoms with van der Waals surface area (Å²) in [5.41, 5.74) is -0.920. The molecule has 0 aliphatic heterocycles. The lowest BCUT2D eigenvalue weighted by atomic mass is 10.1. The largest absolute Gasteiger partial charge is 0.466 e. The fourth-order valence-electron chi connectivity index (χ4n) is 1.79. The van der Waals surface area contributed by atoms with Crippen molar-refractivity contribution in [2.24, 2.45) is 5.92 Å². The number of ether oxygens (including phenoxy) is 1. The van der Waals surface area contributed by atoms with Gasteiger partial charge in [-0.2, -0.15) is 0 Å². The van der Waals surface area contributed by atoms with Gasteiger partial charge in [-0.25, -0.2) is 4.39 Å². The van der Waals surface area contributed by atoms with E-state index in [1.165, 1.54) is 0 Å². The number of rotatable bonds is 3. The maximum atomic E-state index is 14.2. The highest BCUT2D eigenvalue weighted by Crippen LogP contribution is 2.56. The predicted octanol–water partition coefficient (Wildman–Crippen LogP) is 3.07. The summed E-state index contributed by atoms with van der Waals surface area (Å²) >= 11 is 0. The molecule has 0 radical (unpaired) electrons. The van der Waals surface area contributed by atoms with Crippen LogP contribution in [-0.4, -0.2) is 12.6 Å². The van der Waals surface area contributed by atoms with Crippen LogP contribution in [-0.2, 0) is 15.2 Å². The van der Waals surface area contributed by atoms with Gasteiger partial charge in [0.2, 0.25) is 0 Å². The fourth-order valence-corrected chi connectivity index (χ4v) is 1.79. The quantitative estimate of drug-likeness (QED) is 0.737. The molecule has 2 rings (SSSR count). The summed E-state index contributed by atoms with van der Waals surface area (Å²) in [5, 5.41) is 0. The Balaban J connectivity index is 0.00000128. The first-order chi connectivity index (χ1) is 7.18. The van der Waals surface area contributed by atoms with Crippen LogP contribution in [0.3, 0.4) is 0 Å². The van der Waals surface area contributed by atoms with Crippen molar-refractivity contribution in [2.75, 3.05) is 6.61 Å². The molecule has 1 aromatic carbocycles. The molecule has 0 bridgehead atoms. The Morgan fingerprint density at radius 3 is 2.69 bits per heavy atom. The smallest absolute Gasteiger partial charge is 0.312 e. The molecule has 0 N–H and O–H groups in total. The Morgan fingerprint density at radius 1 is 1.50 bits per heavy atom. The van der Waals surface area contributed by atoms with Crippen LogP contribution in [0, 0.1) is 5.92 Å². The summed E-state index contributed by atoms with van der Waals surface area (Å²) in [6.07, 6.45) is 0.246. The van der Waals surface area contributed by atoms with Gasteiger partial charge in [0.05, 0.1) is 12.5 Å². The molecule has 1 aliphatic rings. The zero-order valence-electron chi connectivity index (χ0n) is 8.57. The van der Waals surface area contributed by atoms with Gasteiger partial charge < -0.3 is 4.74 Å². The van der Waals surface area contributed by atoms with E-state index in [1.807, 2.05) is 6.07 Å². The maximum Gasteiger partial charge on any atom is 0.312 e. The zero-order chi connectivity index (χ0) is 10.9. The first-order valence-electron chi connectivity index (χ1n) is 5.09. The van der Waals surface area contributed by atoms with Crippen molar-refractivity contribution in [3.8, 4) is 0 Å². The molecule has 0 saturated heterocycles. The van der Waals surface area contributed by atoms with Gasteiger partial charge in [-0.15, -0.1) is 0 Å². The van der Waals surface area contributed by atoms with Crippen LogP contribution < -0.4 is 0 Å². The van der Waals surface area contributed by atoms with Crippen molar-refractivity contribution in [2.45, 2.75) is 26.4 Å². The molecule has 3 heteroatoms. The Kier molecular flexibility index (Phi) is 3.68. The standard InChI is InChI=1S/C12H13FO2.CH4/c1-2-15-11(14)10-8-12(10,13)9-6-4-3-5-7-9;/h3-7,10H,2,8H2,1H3;1H4/t10-,12+;/m1./s1. The average Bonchev–Trinajstić information content (AvgIpc) is 2.94. The third kappa shape index (κ3) is 2.08. The molecule has 2 nitrogen and oxygen atoms in total. The lowest BCUT2D eigenvalue weighted by Gasteiger charge is -2.07. The van der Waals surface area contributed by atoms with Gasteiger partial charge in [-0.05, 0) is 12.5 Å². The Bertz CT molecular complexity index is 363. The lowest BCUT2D eigenvalue weighted by Crippen LogP contribution is -2.13. The zero-order valence-corrected chi connectivity index (χ0v) is 8.57. The summed E-state index contributed by atoms with van der Waals surface area (Å²) in [6.45, 7) is 2.03. The maximum absolute atomic E-state index is 14.2. The first-order valence-corrected chi connectivity index (χ1v) is 5.09. The van der Waals surface area contributed by atoms with Gasteiger partial charge in [0.15, 0.2) is 0 Å². The molecule has 0 aromatic heterocycles. The highest BCUT2D eigenvalue weighted by Gasteiger charge is 2.61. The van der Waals surface area contributed by atoms with Gasteiger partial charge in [-0.3, -0.25) is 4.79 Å². The topological polar surface area (TPSA) is 26.3 Å². The third-order valence-corrected chi connectivity index (χ3v) is 2.72. The average molecular weight is 224 g/mol. The minimum absolute atomic E-state index is 0. The summed E-state index contributed by atoms with van der Waals surface area (Å²) < 4.78 is 19.0. The van der Waals surface area contributed by atoms with Gasteiger partial charge in [0.25, 0.3) is 0 Å². The number of hydrogen-bond acceptors (Lipinski definition) is 2. The monoisotopic (exact) mass is 224 g/mol. The molecule has 88 valence electrons. The predicted molar refractivity (Wildman–Crippen MR) is 60.7 cm³/mol. The molecular formula is C13H17FO2. The minimum atomic E-state index is -1.49. The van der Waals surface area contributed by atoms with E-state index in [1.54, 1.807) is 31.2 Å². The van der Waals surface area contributed by atoms with Crippen LogP contribution >= 0.6 is 0 Å². The van der Waals surface area contributed by atoms with E-state index in [9.17, 15) is 9.18 Å². The van der Waals surface area contributed by atoms with E-state index in [2.05, 4.69) is 0 Å². The summed E-state index contributed by atoms with van der Waals surface area (Å²) in [7, 11) is 0. The Hall–Kier alpha value is -1.38. The Labute approximate surface area is 95.4 Å². The van der Waals surface area contributed by atoms with Crippen LogP contribution in [0.25, 0.3) is 0 Å². The molecule has 2 atom stereocenters. The molecule has 1 saturated carbocycles. The van der Waals surface area contributed by atoms with E-state index in [0.29, 0.717) is 12.2 Å². The van der Waals surface area contributed by atoms with Crippen molar-refractivity contribution in [1.29, 1.82) is 0 Å². The van der Waals surface area contributed by atoms with Crippen molar-refractivity contribution in [3.63, 3.8) is 0 Å². The number of carbonyl (C=O) groups is 1. The van der Waals surface area contributed by atoms with Crippen molar-refractivity contribution in [1.82, 2.24) is 0 Å². The molecular weight excluding hydrogens is 207 g/mol. The SMILES string of the molecule is C.CCOC(=O)[C@H]1C[C@]1(F)c1ccccc1. The minimum Gasteiger partial charge on any atom is -0.466 e. The van der Waals surface area contributed by atoms with Gasteiger partial charge >= 0.3 is 5.97 Å². The van der Waals surface area contributed by atoms with Gasteiger partial charge in [0, 0.05) is 6.42 Å². The summed E-state index contributed by atoms with van der Waals surface area (Å²) in [6, 6.07) is 8.79. The van der Waals surface area contributed by atoms with E-state index in [-0.39, 0.29) is 13.8 Å². The van der Waals surface area contributed by atoms with Crippen LogP contribution in [0.5, 0.6) is 0 Å². The van der Waals surface area contributed by atoms with E-state index in [4.69, 9.17) is 4.74 Å². The Morgan fingerprint density at radius 2 is 2.12 bits per heavy atom. The molecule has 0 heterocycles. The number of hydrogen-bond donors (Lipinski definition) is 0. The summed E-state index contributed by atoms with van der Waals surface area (Å²) in [5.74, 6) is -1.04. The number of halogens is 1. The van der Waals surface area contributed by atoms with Gasteiger partial charge in [-0.1, -0.05) is 37.8 Å². The van der Waals surface area contributed by atoms with Crippen LogP contribution in [0.1, 0.15) is 26.3 Å². The highest BCUT2D eigenvalue weighted by atomic mass is 19.1. The van der Waals surface area contributed by atoms with Crippen LogP contribution in [0.2, 0.25) is 0 Å². The third-order valence-electron chi connectivity index (χ3n) is 2.72. The normalized spacial score (nSPS) is 26.8. The first kappa shape index (κ1) is 12.7. The number of alkyl halides is 1. The molecule has 0 unspecified atom stereocenters. The summed E-state index contributed by atoms with van der Waals surface area (Å²) in [4.78, 5) is 11.3. The van der Waals surface area contributed by atoms with Crippen LogP contribution in [0.15, 0.2) is 30.3 Å². The molecule has 0 spiro atoms. The number of benzene rings is 1. The molecule has 1 aliphatic carbocycles. The van der Waals surface area contributed by atoms with Crippen molar-refractivity contribution >= 4 is 5.97 Å². The van der Waals surface area contributed by atoms with Crippen molar-refractivity contribution < 1.29 is 13.9 Å². The molecule has 1 aromatic rings. The van der Waals surface area contributed by atoms with Crippen LogP contribution in [0.4, 0.5) is 4.39 Å². The van der Waals surface area contributed by atoms with E-state index >= 15 is 0 Å². The molecule has 0 amide bonds. The molecule has 1 fully saturated rings.